The molecule has 2 N–H and O–H groups in total. The fourth-order valence-electron chi connectivity index (χ4n) is 1.75. The third-order valence-electron chi connectivity index (χ3n) is 2.99. The molecule has 0 saturated carbocycles. The Labute approximate surface area is 121 Å². The zero-order valence-corrected chi connectivity index (χ0v) is 12.3. The third-order valence-corrected chi connectivity index (χ3v) is 4.04. The average Bonchev–Trinajstić information content (AvgIpc) is 2.92. The van der Waals surface area contributed by atoms with Crippen molar-refractivity contribution in [1.82, 2.24) is 14.5 Å². The summed E-state index contributed by atoms with van der Waals surface area (Å²) in [5.41, 5.74) is 2.23. The maximum absolute atomic E-state index is 11.9. The fourth-order valence-corrected chi connectivity index (χ4v) is 2.48. The van der Waals surface area contributed by atoms with Gasteiger partial charge in [-0.15, -0.1) is 0 Å². The topological polar surface area (TPSA) is 86.5 Å². The highest BCUT2D eigenvalue weighted by Crippen LogP contribution is 2.22. The van der Waals surface area contributed by atoms with Crippen molar-refractivity contribution >= 4 is 23.5 Å². The number of hydrogen-bond acceptors (Lipinski definition) is 4. The monoisotopic (exact) mass is 289 g/mol. The molecule has 6 nitrogen and oxygen atoms in total. The van der Waals surface area contributed by atoms with Gasteiger partial charge in [0, 0.05) is 25.1 Å². The second-order valence-corrected chi connectivity index (χ2v) is 5.34. The summed E-state index contributed by atoms with van der Waals surface area (Å²) >= 11 is 1.35. The molecule has 0 aromatic carbocycles. The van der Waals surface area contributed by atoms with Crippen LogP contribution in [-0.4, -0.2) is 26.2 Å². The molecule has 0 spiro atoms. The summed E-state index contributed by atoms with van der Waals surface area (Å²) in [6, 6.07) is 2.10. The van der Waals surface area contributed by atoms with E-state index in [0.29, 0.717) is 11.4 Å². The number of anilines is 1. The zero-order chi connectivity index (χ0) is 14.7. The molecule has 0 fully saturated rings. The van der Waals surface area contributed by atoms with E-state index in [1.54, 1.807) is 6.20 Å². The third kappa shape index (κ3) is 2.86. The number of aryl methyl sites for hydroxylation is 2. The standard InChI is InChI=1S/C13H15N5OS/c1-8-9(2)16-12(10(8)6-14)17-11(19)7-20-13-15-4-5-18(13)3/h4-5,16H,7H2,1-3H3,(H,17,19). The molecule has 2 heterocycles. The van der Waals surface area contributed by atoms with E-state index in [-0.39, 0.29) is 11.7 Å². The lowest BCUT2D eigenvalue weighted by atomic mass is 10.2. The lowest BCUT2D eigenvalue weighted by Crippen LogP contribution is -2.15. The minimum atomic E-state index is -0.171. The molecule has 0 radical (unpaired) electrons. The molecule has 0 atom stereocenters. The quantitative estimate of drug-likeness (QED) is 0.842. The lowest BCUT2D eigenvalue weighted by Gasteiger charge is -2.04. The smallest absolute Gasteiger partial charge is 0.235 e. The Morgan fingerprint density at radius 3 is 2.95 bits per heavy atom. The summed E-state index contributed by atoms with van der Waals surface area (Å²) < 4.78 is 1.85. The first-order chi connectivity index (χ1) is 9.52. The van der Waals surface area contributed by atoms with E-state index in [1.165, 1.54) is 11.8 Å². The van der Waals surface area contributed by atoms with Crippen LogP contribution in [0.25, 0.3) is 0 Å². The van der Waals surface area contributed by atoms with Gasteiger partial charge in [-0.2, -0.15) is 5.26 Å². The Hall–Kier alpha value is -2.20. The molecule has 2 aromatic rings. The maximum Gasteiger partial charge on any atom is 0.235 e. The molecule has 1 amide bonds. The van der Waals surface area contributed by atoms with Gasteiger partial charge in [0.1, 0.15) is 11.9 Å². The number of H-pyrrole nitrogens is 1. The molecule has 0 aliphatic heterocycles. The second-order valence-electron chi connectivity index (χ2n) is 4.39. The van der Waals surface area contributed by atoms with E-state index in [1.807, 2.05) is 31.7 Å². The van der Waals surface area contributed by atoms with E-state index in [2.05, 4.69) is 21.4 Å². The molecule has 0 aliphatic carbocycles. The van der Waals surface area contributed by atoms with Gasteiger partial charge >= 0.3 is 0 Å². The summed E-state index contributed by atoms with van der Waals surface area (Å²) in [4.78, 5) is 19.1. The van der Waals surface area contributed by atoms with Crippen LogP contribution in [0.5, 0.6) is 0 Å². The summed E-state index contributed by atoms with van der Waals surface area (Å²) in [6.45, 7) is 3.72. The number of nitrogens with one attached hydrogen (secondary N) is 2. The summed E-state index contributed by atoms with van der Waals surface area (Å²) in [6.07, 6.45) is 3.51. The van der Waals surface area contributed by atoms with Crippen LogP contribution in [0.15, 0.2) is 17.6 Å². The van der Waals surface area contributed by atoms with Gasteiger partial charge in [-0.1, -0.05) is 11.8 Å². The van der Waals surface area contributed by atoms with Crippen molar-refractivity contribution in [1.29, 1.82) is 5.26 Å². The van der Waals surface area contributed by atoms with Gasteiger partial charge < -0.3 is 14.9 Å². The first-order valence-corrected chi connectivity index (χ1v) is 7.00. The van der Waals surface area contributed by atoms with Gasteiger partial charge in [0.25, 0.3) is 0 Å². The molecule has 2 rings (SSSR count). The predicted octanol–water partition coefficient (Wildman–Crippen LogP) is 1.97. The molecule has 0 unspecified atom stereocenters. The fraction of sp³-hybridized carbons (Fsp3) is 0.308. The van der Waals surface area contributed by atoms with Crippen molar-refractivity contribution in [3.05, 3.63) is 29.2 Å². The Morgan fingerprint density at radius 1 is 1.60 bits per heavy atom. The highest BCUT2D eigenvalue weighted by atomic mass is 32.2. The van der Waals surface area contributed by atoms with E-state index < -0.39 is 0 Å². The van der Waals surface area contributed by atoms with Crippen molar-refractivity contribution in [3.63, 3.8) is 0 Å². The van der Waals surface area contributed by atoms with Crippen molar-refractivity contribution < 1.29 is 4.79 Å². The number of nitrogens with zero attached hydrogens (tertiary/aromatic N) is 3. The van der Waals surface area contributed by atoms with Gasteiger partial charge in [-0.3, -0.25) is 4.79 Å². The van der Waals surface area contributed by atoms with Crippen LogP contribution in [0.4, 0.5) is 5.82 Å². The summed E-state index contributed by atoms with van der Waals surface area (Å²) in [7, 11) is 1.87. The molecule has 0 bridgehead atoms. The molecule has 0 saturated heterocycles. The largest absolute Gasteiger partial charge is 0.344 e. The number of amides is 1. The number of aromatic nitrogens is 3. The van der Waals surface area contributed by atoms with Crippen LogP contribution < -0.4 is 5.32 Å². The van der Waals surface area contributed by atoms with E-state index >= 15 is 0 Å². The minimum absolute atomic E-state index is 0.171. The summed E-state index contributed by atoms with van der Waals surface area (Å²) in [5.74, 6) is 0.538. The van der Waals surface area contributed by atoms with Crippen LogP contribution in [0.3, 0.4) is 0 Å². The molecular formula is C13H15N5OS. The zero-order valence-electron chi connectivity index (χ0n) is 11.5. The van der Waals surface area contributed by atoms with Crippen molar-refractivity contribution in [2.24, 2.45) is 7.05 Å². The van der Waals surface area contributed by atoms with Crippen LogP contribution in [0.1, 0.15) is 16.8 Å². The normalized spacial score (nSPS) is 10.3. The Balaban J connectivity index is 2.00. The minimum Gasteiger partial charge on any atom is -0.344 e. The highest BCUT2D eigenvalue weighted by molar-refractivity contribution is 7.99. The van der Waals surface area contributed by atoms with Crippen LogP contribution in [0, 0.1) is 25.2 Å². The van der Waals surface area contributed by atoms with Gasteiger partial charge in [0.05, 0.1) is 11.3 Å². The van der Waals surface area contributed by atoms with Crippen molar-refractivity contribution in [2.75, 3.05) is 11.1 Å². The maximum atomic E-state index is 11.9. The summed E-state index contributed by atoms with van der Waals surface area (Å²) in [5, 5.41) is 12.6. The number of carbonyl (C=O) groups is 1. The van der Waals surface area contributed by atoms with Gasteiger partial charge in [-0.05, 0) is 19.4 Å². The predicted molar refractivity (Wildman–Crippen MR) is 77.5 cm³/mol. The number of aromatic amines is 1. The van der Waals surface area contributed by atoms with E-state index in [4.69, 9.17) is 5.26 Å². The van der Waals surface area contributed by atoms with Crippen LogP contribution >= 0.6 is 11.8 Å². The Kier molecular flexibility index (Phi) is 4.15. The Bertz CT molecular complexity index is 679. The molecule has 104 valence electrons. The number of imidazole rings is 1. The van der Waals surface area contributed by atoms with Gasteiger partial charge in [0.2, 0.25) is 5.91 Å². The lowest BCUT2D eigenvalue weighted by molar-refractivity contribution is -0.113. The molecule has 20 heavy (non-hydrogen) atoms. The van der Waals surface area contributed by atoms with Crippen molar-refractivity contribution in [2.45, 2.75) is 19.0 Å². The van der Waals surface area contributed by atoms with Crippen LogP contribution in [0.2, 0.25) is 0 Å². The molecule has 0 aliphatic rings. The Morgan fingerprint density at radius 2 is 2.35 bits per heavy atom. The molecule has 7 heteroatoms. The number of nitriles is 1. The van der Waals surface area contributed by atoms with Crippen molar-refractivity contribution in [3.8, 4) is 6.07 Å². The van der Waals surface area contributed by atoms with Crippen LogP contribution in [-0.2, 0) is 11.8 Å². The van der Waals surface area contributed by atoms with E-state index in [0.717, 1.165) is 16.4 Å². The number of hydrogen-bond donors (Lipinski definition) is 2. The number of thioether (sulfide) groups is 1. The average molecular weight is 289 g/mol. The second kappa shape index (κ2) is 5.84. The first-order valence-electron chi connectivity index (χ1n) is 6.02. The molecular weight excluding hydrogens is 274 g/mol. The highest BCUT2D eigenvalue weighted by Gasteiger charge is 2.14. The van der Waals surface area contributed by atoms with Gasteiger partial charge in [-0.25, -0.2) is 4.98 Å². The number of rotatable bonds is 4. The first kappa shape index (κ1) is 14.2. The number of carbonyl (C=O) groups excluding carboxylic acids is 1. The molecule has 2 aromatic heterocycles. The SMILES string of the molecule is Cc1[nH]c(NC(=O)CSc2nccn2C)c(C#N)c1C. The van der Waals surface area contributed by atoms with Gasteiger partial charge in [0.15, 0.2) is 5.16 Å². The van der Waals surface area contributed by atoms with E-state index in [9.17, 15) is 4.79 Å².